The number of H-pyrrole nitrogens is 1. The van der Waals surface area contributed by atoms with E-state index in [1.165, 1.54) is 5.56 Å². The van der Waals surface area contributed by atoms with Gasteiger partial charge >= 0.3 is 5.16 Å². The molecule has 0 saturated heterocycles. The number of fused-ring (bicyclic) bond motifs is 1. The van der Waals surface area contributed by atoms with Gasteiger partial charge in [-0.2, -0.15) is 4.98 Å². The van der Waals surface area contributed by atoms with Crippen LogP contribution in [0.15, 0.2) is 59.8 Å². The SMILES string of the molecule is [O-][S+](CCc1ccccc1)c1nc2ccccc2[nH]1. The van der Waals surface area contributed by atoms with Crippen LogP contribution in [0.4, 0.5) is 0 Å². The van der Waals surface area contributed by atoms with Crippen LogP contribution in [-0.2, 0) is 17.6 Å². The Morgan fingerprint density at radius 3 is 2.53 bits per heavy atom. The minimum absolute atomic E-state index is 0.567. The zero-order valence-electron chi connectivity index (χ0n) is 10.4. The van der Waals surface area contributed by atoms with Crippen LogP contribution < -0.4 is 0 Å². The summed E-state index contributed by atoms with van der Waals surface area (Å²) in [5.74, 6) is 0.587. The van der Waals surface area contributed by atoms with Crippen LogP contribution >= 0.6 is 0 Å². The van der Waals surface area contributed by atoms with Crippen LogP contribution in [-0.4, -0.2) is 20.3 Å². The summed E-state index contributed by atoms with van der Waals surface area (Å²) in [7, 11) is 0. The maximum atomic E-state index is 12.2. The van der Waals surface area contributed by atoms with Crippen molar-refractivity contribution in [2.45, 2.75) is 11.6 Å². The molecule has 0 aliphatic heterocycles. The van der Waals surface area contributed by atoms with Gasteiger partial charge in [0, 0.05) is 17.6 Å². The van der Waals surface area contributed by atoms with Gasteiger partial charge in [0.15, 0.2) is 0 Å². The van der Waals surface area contributed by atoms with Gasteiger partial charge in [-0.3, -0.25) is 4.98 Å². The van der Waals surface area contributed by atoms with Crippen LogP contribution in [0, 0.1) is 0 Å². The van der Waals surface area contributed by atoms with Gasteiger partial charge in [-0.05, 0) is 17.7 Å². The first-order chi connectivity index (χ1) is 9.33. The molecule has 3 rings (SSSR count). The average Bonchev–Trinajstić information content (AvgIpc) is 2.90. The van der Waals surface area contributed by atoms with Crippen LogP contribution in [0.25, 0.3) is 11.0 Å². The highest BCUT2D eigenvalue weighted by molar-refractivity contribution is 7.91. The third kappa shape index (κ3) is 2.80. The number of benzene rings is 2. The van der Waals surface area contributed by atoms with Crippen LogP contribution in [0.5, 0.6) is 0 Å². The van der Waals surface area contributed by atoms with E-state index in [0.29, 0.717) is 10.9 Å². The lowest BCUT2D eigenvalue weighted by Crippen LogP contribution is -2.10. The van der Waals surface area contributed by atoms with Crippen LogP contribution in [0.1, 0.15) is 5.56 Å². The van der Waals surface area contributed by atoms with E-state index in [1.54, 1.807) is 0 Å². The van der Waals surface area contributed by atoms with Gasteiger partial charge in [-0.25, -0.2) is 0 Å². The first-order valence-electron chi connectivity index (χ1n) is 6.20. The van der Waals surface area contributed by atoms with E-state index in [0.717, 1.165) is 17.5 Å². The first kappa shape index (κ1) is 12.3. The molecule has 1 atom stereocenters. The third-order valence-electron chi connectivity index (χ3n) is 3.00. The quantitative estimate of drug-likeness (QED) is 0.741. The van der Waals surface area contributed by atoms with Gasteiger partial charge in [-0.1, -0.05) is 42.5 Å². The number of nitrogens with zero attached hydrogens (tertiary/aromatic N) is 1. The lowest BCUT2D eigenvalue weighted by Gasteiger charge is -2.06. The fourth-order valence-electron chi connectivity index (χ4n) is 1.99. The topological polar surface area (TPSA) is 51.7 Å². The highest BCUT2D eigenvalue weighted by Crippen LogP contribution is 2.15. The number of aromatic amines is 1. The lowest BCUT2D eigenvalue weighted by atomic mass is 10.2. The van der Waals surface area contributed by atoms with Gasteiger partial charge < -0.3 is 4.55 Å². The Morgan fingerprint density at radius 2 is 1.74 bits per heavy atom. The number of aromatic nitrogens is 2. The smallest absolute Gasteiger partial charge is 0.321 e. The molecule has 1 N–H and O–H groups in total. The van der Waals surface area contributed by atoms with Crippen molar-refractivity contribution in [2.75, 3.05) is 5.75 Å². The molecule has 0 fully saturated rings. The molecule has 0 aliphatic rings. The largest absolute Gasteiger partial charge is 0.609 e. The fourth-order valence-corrected chi connectivity index (χ4v) is 3.03. The minimum atomic E-state index is -1.08. The zero-order chi connectivity index (χ0) is 13.1. The van der Waals surface area contributed by atoms with Gasteiger partial charge in [0.05, 0.1) is 11.0 Å². The predicted octanol–water partition coefficient (Wildman–Crippen LogP) is 2.91. The molecule has 3 aromatic rings. The summed E-state index contributed by atoms with van der Waals surface area (Å²) >= 11 is -1.08. The van der Waals surface area contributed by atoms with Gasteiger partial charge in [0.2, 0.25) is 0 Å². The summed E-state index contributed by atoms with van der Waals surface area (Å²) in [6.45, 7) is 0. The normalized spacial score (nSPS) is 12.7. The second-order valence-electron chi connectivity index (χ2n) is 4.34. The predicted molar refractivity (Wildman–Crippen MR) is 77.5 cm³/mol. The highest BCUT2D eigenvalue weighted by atomic mass is 32.2. The molecular weight excluding hydrogens is 256 g/mol. The van der Waals surface area contributed by atoms with Crippen molar-refractivity contribution in [3.05, 3.63) is 60.2 Å². The molecule has 0 bridgehead atoms. The van der Waals surface area contributed by atoms with Crippen molar-refractivity contribution in [3.63, 3.8) is 0 Å². The van der Waals surface area contributed by atoms with Crippen molar-refractivity contribution in [1.82, 2.24) is 9.97 Å². The van der Waals surface area contributed by atoms with Crippen molar-refractivity contribution >= 4 is 22.2 Å². The molecule has 1 aromatic heterocycles. The van der Waals surface area contributed by atoms with E-state index in [9.17, 15) is 4.55 Å². The molecule has 0 saturated carbocycles. The van der Waals surface area contributed by atoms with E-state index in [2.05, 4.69) is 22.1 Å². The van der Waals surface area contributed by atoms with E-state index in [4.69, 9.17) is 0 Å². The number of imidazole rings is 1. The molecule has 4 heteroatoms. The van der Waals surface area contributed by atoms with Crippen molar-refractivity contribution in [1.29, 1.82) is 0 Å². The second-order valence-corrected chi connectivity index (χ2v) is 5.83. The number of hydrogen-bond acceptors (Lipinski definition) is 2. The van der Waals surface area contributed by atoms with Crippen LogP contribution in [0.2, 0.25) is 0 Å². The molecule has 3 nitrogen and oxygen atoms in total. The Morgan fingerprint density at radius 1 is 1.00 bits per heavy atom. The molecule has 1 heterocycles. The summed E-state index contributed by atoms with van der Waals surface area (Å²) in [5, 5.41) is 0.567. The standard InChI is InChI=1S/C15H14N2OS/c18-19(11-10-12-6-2-1-3-7-12)15-16-13-8-4-5-9-14(13)17-15/h1-9H,10-11H2,(H,16,17). The molecule has 0 spiro atoms. The van der Waals surface area contributed by atoms with E-state index >= 15 is 0 Å². The third-order valence-corrected chi connectivity index (χ3v) is 4.20. The summed E-state index contributed by atoms with van der Waals surface area (Å²) in [5.41, 5.74) is 3.00. The van der Waals surface area contributed by atoms with Crippen molar-refractivity contribution in [3.8, 4) is 0 Å². The monoisotopic (exact) mass is 270 g/mol. The number of rotatable bonds is 4. The summed E-state index contributed by atoms with van der Waals surface area (Å²) in [6.07, 6.45) is 0.796. The van der Waals surface area contributed by atoms with Crippen molar-refractivity contribution < 1.29 is 4.55 Å². The Kier molecular flexibility index (Phi) is 3.53. The number of aryl methyl sites for hydroxylation is 1. The average molecular weight is 270 g/mol. The maximum Gasteiger partial charge on any atom is 0.321 e. The summed E-state index contributed by atoms with van der Waals surface area (Å²) < 4.78 is 12.2. The summed E-state index contributed by atoms with van der Waals surface area (Å²) in [4.78, 5) is 7.49. The molecule has 0 amide bonds. The Labute approximate surface area is 114 Å². The second kappa shape index (κ2) is 5.47. The van der Waals surface area contributed by atoms with Crippen LogP contribution in [0.3, 0.4) is 0 Å². The fraction of sp³-hybridized carbons (Fsp3) is 0.133. The van der Waals surface area contributed by atoms with E-state index < -0.39 is 11.2 Å². The molecule has 96 valence electrons. The Bertz CT molecular complexity index is 633. The van der Waals surface area contributed by atoms with E-state index in [1.807, 2.05) is 42.5 Å². The maximum absolute atomic E-state index is 12.2. The van der Waals surface area contributed by atoms with E-state index in [-0.39, 0.29) is 0 Å². The molecule has 0 aliphatic carbocycles. The molecular formula is C15H14N2OS. The minimum Gasteiger partial charge on any atom is -0.609 e. The summed E-state index contributed by atoms with van der Waals surface area (Å²) in [6, 6.07) is 17.8. The molecule has 0 radical (unpaired) electrons. The molecule has 1 unspecified atom stereocenters. The number of hydrogen-bond donors (Lipinski definition) is 1. The first-order valence-corrected chi connectivity index (χ1v) is 7.52. The molecule has 19 heavy (non-hydrogen) atoms. The Balaban J connectivity index is 1.71. The Hall–Kier alpha value is -1.78. The van der Waals surface area contributed by atoms with Gasteiger partial charge in [0.1, 0.15) is 5.75 Å². The number of nitrogens with one attached hydrogen (secondary N) is 1. The lowest BCUT2D eigenvalue weighted by molar-refractivity contribution is 0.587. The zero-order valence-corrected chi connectivity index (χ0v) is 11.2. The van der Waals surface area contributed by atoms with Crippen molar-refractivity contribution in [2.24, 2.45) is 0 Å². The van der Waals surface area contributed by atoms with Gasteiger partial charge in [-0.15, -0.1) is 0 Å². The van der Waals surface area contributed by atoms with Gasteiger partial charge in [0.25, 0.3) is 0 Å². The molecule has 2 aromatic carbocycles. The highest BCUT2D eigenvalue weighted by Gasteiger charge is 2.15. The number of para-hydroxylation sites is 2.